The molecule has 0 saturated heterocycles. The smallest absolute Gasteiger partial charge is 0.0462 e. The summed E-state index contributed by atoms with van der Waals surface area (Å²) in [6.07, 6.45) is 2.22. The standard InChI is InChI=1S/C13H19ClN2/c1-2-16-9-10(5-4-8-15)13-11(14)6-3-7-12(13)16/h3,6-7,10H,2,4-5,8-9,15H2,1H3. The molecule has 2 rings (SSSR count). The Kier molecular flexibility index (Phi) is 3.72. The molecule has 0 fully saturated rings. The summed E-state index contributed by atoms with van der Waals surface area (Å²) in [4.78, 5) is 2.41. The third-order valence-corrected chi connectivity index (χ3v) is 3.69. The number of rotatable bonds is 4. The maximum absolute atomic E-state index is 6.31. The molecule has 1 aromatic rings. The highest BCUT2D eigenvalue weighted by molar-refractivity contribution is 6.32. The summed E-state index contributed by atoms with van der Waals surface area (Å²) in [7, 11) is 0. The van der Waals surface area contributed by atoms with E-state index in [4.69, 9.17) is 17.3 Å². The van der Waals surface area contributed by atoms with Crippen LogP contribution in [0.2, 0.25) is 5.02 Å². The van der Waals surface area contributed by atoms with Crippen LogP contribution >= 0.6 is 11.6 Å². The number of likely N-dealkylation sites (N-methyl/N-ethyl adjacent to an activating group) is 1. The first-order valence-corrected chi connectivity index (χ1v) is 6.39. The van der Waals surface area contributed by atoms with Crippen molar-refractivity contribution in [2.75, 3.05) is 24.5 Å². The van der Waals surface area contributed by atoms with Gasteiger partial charge in [-0.1, -0.05) is 17.7 Å². The average Bonchev–Trinajstić information content (AvgIpc) is 2.66. The average molecular weight is 239 g/mol. The summed E-state index contributed by atoms with van der Waals surface area (Å²) in [6.45, 7) is 5.10. The second-order valence-electron chi connectivity index (χ2n) is 4.34. The molecule has 1 unspecified atom stereocenters. The van der Waals surface area contributed by atoms with Gasteiger partial charge in [0.15, 0.2) is 0 Å². The van der Waals surface area contributed by atoms with Gasteiger partial charge in [-0.25, -0.2) is 0 Å². The Labute approximate surface area is 102 Å². The number of hydrogen-bond donors (Lipinski definition) is 1. The van der Waals surface area contributed by atoms with Crippen molar-refractivity contribution in [2.24, 2.45) is 5.73 Å². The Morgan fingerprint density at radius 3 is 3.00 bits per heavy atom. The van der Waals surface area contributed by atoms with Crippen molar-refractivity contribution >= 4 is 17.3 Å². The van der Waals surface area contributed by atoms with Gasteiger partial charge in [0.05, 0.1) is 0 Å². The molecule has 88 valence electrons. The monoisotopic (exact) mass is 238 g/mol. The molecule has 0 aromatic heterocycles. The zero-order valence-electron chi connectivity index (χ0n) is 9.75. The highest BCUT2D eigenvalue weighted by atomic mass is 35.5. The minimum atomic E-state index is 0.562. The van der Waals surface area contributed by atoms with Gasteiger partial charge < -0.3 is 10.6 Å². The number of halogens is 1. The van der Waals surface area contributed by atoms with Crippen LogP contribution in [0, 0.1) is 0 Å². The van der Waals surface area contributed by atoms with Crippen molar-refractivity contribution in [1.82, 2.24) is 0 Å². The van der Waals surface area contributed by atoms with Crippen molar-refractivity contribution in [2.45, 2.75) is 25.7 Å². The van der Waals surface area contributed by atoms with Crippen molar-refractivity contribution in [3.63, 3.8) is 0 Å². The SMILES string of the molecule is CCN1CC(CCCN)c2c(Cl)cccc21. The van der Waals surface area contributed by atoms with Crippen LogP contribution in [0.5, 0.6) is 0 Å². The largest absolute Gasteiger partial charge is 0.371 e. The molecule has 0 aliphatic carbocycles. The Hall–Kier alpha value is -0.730. The minimum absolute atomic E-state index is 0.562. The van der Waals surface area contributed by atoms with Gasteiger partial charge in [-0.3, -0.25) is 0 Å². The number of anilines is 1. The van der Waals surface area contributed by atoms with Crippen LogP contribution in [0.15, 0.2) is 18.2 Å². The molecule has 0 radical (unpaired) electrons. The molecule has 1 atom stereocenters. The van der Waals surface area contributed by atoms with Crippen molar-refractivity contribution in [1.29, 1.82) is 0 Å². The first-order chi connectivity index (χ1) is 7.77. The van der Waals surface area contributed by atoms with E-state index in [2.05, 4.69) is 17.9 Å². The molecule has 1 aliphatic rings. The van der Waals surface area contributed by atoms with E-state index in [0.29, 0.717) is 5.92 Å². The molecular formula is C13H19ClN2. The van der Waals surface area contributed by atoms with Crippen LogP contribution in [0.1, 0.15) is 31.2 Å². The fraction of sp³-hybridized carbons (Fsp3) is 0.538. The topological polar surface area (TPSA) is 29.3 Å². The van der Waals surface area contributed by atoms with Gasteiger partial charge in [0, 0.05) is 29.7 Å². The molecule has 2 nitrogen and oxygen atoms in total. The zero-order chi connectivity index (χ0) is 11.5. The molecule has 0 bridgehead atoms. The molecule has 2 N–H and O–H groups in total. The van der Waals surface area contributed by atoms with E-state index in [1.807, 2.05) is 12.1 Å². The van der Waals surface area contributed by atoms with Crippen LogP contribution in [0.25, 0.3) is 0 Å². The Morgan fingerprint density at radius 1 is 1.50 bits per heavy atom. The van der Waals surface area contributed by atoms with Gasteiger partial charge in [-0.2, -0.15) is 0 Å². The normalized spacial score (nSPS) is 18.9. The van der Waals surface area contributed by atoms with E-state index >= 15 is 0 Å². The van der Waals surface area contributed by atoms with E-state index < -0.39 is 0 Å². The van der Waals surface area contributed by atoms with E-state index in [1.54, 1.807) is 0 Å². The molecule has 0 amide bonds. The summed E-state index contributed by atoms with van der Waals surface area (Å²) in [6, 6.07) is 6.21. The van der Waals surface area contributed by atoms with Crippen LogP contribution in [-0.4, -0.2) is 19.6 Å². The molecule has 3 heteroatoms. The summed E-state index contributed by atoms with van der Waals surface area (Å²) >= 11 is 6.31. The summed E-state index contributed by atoms with van der Waals surface area (Å²) in [5.74, 6) is 0.562. The van der Waals surface area contributed by atoms with E-state index in [0.717, 1.165) is 37.5 Å². The molecule has 0 spiro atoms. The van der Waals surface area contributed by atoms with E-state index in [1.165, 1.54) is 11.3 Å². The zero-order valence-corrected chi connectivity index (χ0v) is 10.5. The fourth-order valence-corrected chi connectivity index (χ4v) is 2.88. The lowest BCUT2D eigenvalue weighted by atomic mass is 9.96. The molecule has 0 saturated carbocycles. The van der Waals surface area contributed by atoms with Gasteiger partial charge in [0.2, 0.25) is 0 Å². The second kappa shape index (κ2) is 5.07. The number of hydrogen-bond acceptors (Lipinski definition) is 2. The van der Waals surface area contributed by atoms with Crippen LogP contribution in [-0.2, 0) is 0 Å². The van der Waals surface area contributed by atoms with Crippen molar-refractivity contribution in [3.8, 4) is 0 Å². The number of nitrogens with zero attached hydrogens (tertiary/aromatic N) is 1. The third kappa shape index (κ3) is 2.04. The highest BCUT2D eigenvalue weighted by Crippen LogP contribution is 2.42. The maximum Gasteiger partial charge on any atom is 0.0462 e. The Balaban J connectivity index is 2.28. The molecular weight excluding hydrogens is 220 g/mol. The lowest BCUT2D eigenvalue weighted by Gasteiger charge is -2.16. The lowest BCUT2D eigenvalue weighted by molar-refractivity contribution is 0.613. The van der Waals surface area contributed by atoms with Crippen LogP contribution in [0.4, 0.5) is 5.69 Å². The predicted molar refractivity (Wildman–Crippen MR) is 70.4 cm³/mol. The fourth-order valence-electron chi connectivity index (χ4n) is 2.56. The quantitative estimate of drug-likeness (QED) is 0.874. The molecule has 1 aromatic carbocycles. The Morgan fingerprint density at radius 2 is 2.31 bits per heavy atom. The van der Waals surface area contributed by atoms with Gasteiger partial charge in [0.1, 0.15) is 0 Å². The maximum atomic E-state index is 6.31. The number of nitrogens with two attached hydrogens (primary N) is 1. The summed E-state index contributed by atoms with van der Waals surface area (Å²) < 4.78 is 0. The van der Waals surface area contributed by atoms with Crippen LogP contribution in [0.3, 0.4) is 0 Å². The van der Waals surface area contributed by atoms with Crippen molar-refractivity contribution < 1.29 is 0 Å². The van der Waals surface area contributed by atoms with Crippen molar-refractivity contribution in [3.05, 3.63) is 28.8 Å². The van der Waals surface area contributed by atoms with Gasteiger partial charge in [-0.05, 0) is 44.0 Å². The van der Waals surface area contributed by atoms with Gasteiger partial charge in [-0.15, -0.1) is 0 Å². The number of fused-ring (bicyclic) bond motifs is 1. The minimum Gasteiger partial charge on any atom is -0.371 e. The predicted octanol–water partition coefficient (Wildman–Crippen LogP) is 3.00. The second-order valence-corrected chi connectivity index (χ2v) is 4.75. The molecule has 1 heterocycles. The number of benzene rings is 1. The van der Waals surface area contributed by atoms with E-state index in [9.17, 15) is 0 Å². The van der Waals surface area contributed by atoms with E-state index in [-0.39, 0.29) is 0 Å². The first-order valence-electron chi connectivity index (χ1n) is 6.01. The highest BCUT2D eigenvalue weighted by Gasteiger charge is 2.28. The third-order valence-electron chi connectivity index (χ3n) is 3.36. The van der Waals surface area contributed by atoms with Crippen LogP contribution < -0.4 is 10.6 Å². The molecule has 16 heavy (non-hydrogen) atoms. The summed E-state index contributed by atoms with van der Waals surface area (Å²) in [5, 5.41) is 0.912. The van der Waals surface area contributed by atoms with Gasteiger partial charge >= 0.3 is 0 Å². The van der Waals surface area contributed by atoms with Gasteiger partial charge in [0.25, 0.3) is 0 Å². The lowest BCUT2D eigenvalue weighted by Crippen LogP contribution is -2.21. The molecule has 1 aliphatic heterocycles. The Bertz CT molecular complexity index is 365. The summed E-state index contributed by atoms with van der Waals surface area (Å²) in [5.41, 5.74) is 8.23. The first kappa shape index (κ1) is 11.7.